The molecule has 0 aromatic carbocycles. The summed E-state index contributed by atoms with van der Waals surface area (Å²) in [5.74, 6) is 0.418. The van der Waals surface area contributed by atoms with Gasteiger partial charge in [-0.05, 0) is 25.5 Å². The summed E-state index contributed by atoms with van der Waals surface area (Å²) in [6, 6.07) is 0. The van der Waals surface area contributed by atoms with Crippen molar-refractivity contribution in [3.63, 3.8) is 0 Å². The number of rotatable bonds is 8. The highest BCUT2D eigenvalue weighted by atomic mass is 32.3. The number of hydrogen-bond donors (Lipinski definition) is 0. The Labute approximate surface area is 144 Å². The molecule has 0 aromatic rings. The lowest BCUT2D eigenvalue weighted by Crippen LogP contribution is -2.34. The number of ketones is 1. The van der Waals surface area contributed by atoms with Crippen molar-refractivity contribution in [2.45, 2.75) is 77.9 Å². The standard InChI is InChI=1S/C17H34O4S2/c1-6-7-13-23(19,20)21-22(5,14-16(18)17(2,3)4)15-11-9-8-10-12-15/h15H,6-14H2,1-5H3. The van der Waals surface area contributed by atoms with Crippen LogP contribution in [0.1, 0.15) is 72.6 Å². The van der Waals surface area contributed by atoms with Crippen LogP contribution >= 0.6 is 10.3 Å². The molecule has 1 atom stereocenters. The van der Waals surface area contributed by atoms with Gasteiger partial charge in [0.05, 0.1) is 11.5 Å². The van der Waals surface area contributed by atoms with Gasteiger partial charge in [-0.25, -0.2) is 3.63 Å². The first-order valence-corrected chi connectivity index (χ1v) is 12.5. The molecule has 0 amide bonds. The van der Waals surface area contributed by atoms with Crippen LogP contribution in [0.4, 0.5) is 0 Å². The minimum Gasteiger partial charge on any atom is -0.298 e. The highest BCUT2D eigenvalue weighted by molar-refractivity contribution is 8.33. The summed E-state index contributed by atoms with van der Waals surface area (Å²) in [4.78, 5) is 12.6. The van der Waals surface area contributed by atoms with E-state index in [1.54, 1.807) is 0 Å². The number of unbranched alkanes of at least 4 members (excludes halogenated alkanes) is 1. The van der Waals surface area contributed by atoms with Crippen molar-refractivity contribution in [3.05, 3.63) is 0 Å². The van der Waals surface area contributed by atoms with Crippen LogP contribution < -0.4 is 0 Å². The van der Waals surface area contributed by atoms with Crippen LogP contribution in [0.25, 0.3) is 0 Å². The second-order valence-electron chi connectivity index (χ2n) is 7.83. The van der Waals surface area contributed by atoms with Gasteiger partial charge in [-0.15, -0.1) is 10.3 Å². The summed E-state index contributed by atoms with van der Waals surface area (Å²) in [6.45, 7) is 7.64. The molecular formula is C17H34O4S2. The predicted octanol–water partition coefficient (Wildman–Crippen LogP) is 4.43. The molecule has 0 saturated heterocycles. The van der Waals surface area contributed by atoms with Gasteiger partial charge in [0.25, 0.3) is 10.1 Å². The van der Waals surface area contributed by atoms with E-state index in [1.165, 1.54) is 6.42 Å². The van der Waals surface area contributed by atoms with E-state index in [1.807, 2.05) is 34.0 Å². The molecule has 1 aliphatic rings. The van der Waals surface area contributed by atoms with Crippen molar-refractivity contribution in [2.75, 3.05) is 17.8 Å². The minimum atomic E-state index is -3.56. The third-order valence-corrected chi connectivity index (χ3v) is 10.1. The van der Waals surface area contributed by atoms with Crippen LogP contribution in [0, 0.1) is 5.41 Å². The molecule has 0 aliphatic heterocycles. The normalized spacial score (nSPS) is 21.6. The Hall–Kier alpha value is -0.0700. The van der Waals surface area contributed by atoms with Crippen LogP contribution in [0.15, 0.2) is 0 Å². The minimum absolute atomic E-state index is 0.0581. The third kappa shape index (κ3) is 6.75. The number of Topliss-reactive ketones (excluding diaryl/α,β-unsaturated/α-hetero) is 1. The van der Waals surface area contributed by atoms with Crippen LogP contribution in [0.5, 0.6) is 0 Å². The van der Waals surface area contributed by atoms with Crippen molar-refractivity contribution in [1.82, 2.24) is 0 Å². The average Bonchev–Trinajstić information content (AvgIpc) is 2.44. The molecule has 1 fully saturated rings. The zero-order valence-electron chi connectivity index (χ0n) is 15.4. The lowest BCUT2D eigenvalue weighted by Gasteiger charge is -2.44. The Kier molecular flexibility index (Phi) is 7.61. The van der Waals surface area contributed by atoms with Crippen LogP contribution in [0.2, 0.25) is 0 Å². The van der Waals surface area contributed by atoms with Crippen molar-refractivity contribution in [1.29, 1.82) is 0 Å². The van der Waals surface area contributed by atoms with Gasteiger partial charge in [0, 0.05) is 10.7 Å². The second kappa shape index (κ2) is 8.34. The fourth-order valence-corrected chi connectivity index (χ4v) is 8.80. The van der Waals surface area contributed by atoms with E-state index < -0.39 is 25.8 Å². The molecule has 1 saturated carbocycles. The predicted molar refractivity (Wildman–Crippen MR) is 99.5 cm³/mol. The summed E-state index contributed by atoms with van der Waals surface area (Å²) in [5, 5.41) is 0.221. The van der Waals surface area contributed by atoms with Crippen molar-refractivity contribution < 1.29 is 16.8 Å². The molecule has 0 spiro atoms. The van der Waals surface area contributed by atoms with Crippen molar-refractivity contribution in [2.24, 2.45) is 5.41 Å². The molecule has 4 nitrogen and oxygen atoms in total. The van der Waals surface area contributed by atoms with Gasteiger partial charge >= 0.3 is 0 Å². The van der Waals surface area contributed by atoms with E-state index in [-0.39, 0.29) is 22.5 Å². The van der Waals surface area contributed by atoms with Gasteiger partial charge in [-0.3, -0.25) is 4.79 Å². The lowest BCUT2D eigenvalue weighted by molar-refractivity contribution is -0.123. The van der Waals surface area contributed by atoms with Crippen LogP contribution in [0.3, 0.4) is 0 Å². The Morgan fingerprint density at radius 1 is 1.13 bits per heavy atom. The van der Waals surface area contributed by atoms with Gasteiger partial charge in [0.1, 0.15) is 5.78 Å². The summed E-state index contributed by atoms with van der Waals surface area (Å²) >= 11 is 0. The van der Waals surface area contributed by atoms with Gasteiger partial charge in [0.15, 0.2) is 0 Å². The Balaban J connectivity index is 2.98. The van der Waals surface area contributed by atoms with Gasteiger partial charge in [-0.2, -0.15) is 8.42 Å². The summed E-state index contributed by atoms with van der Waals surface area (Å²) in [7, 11) is -5.51. The molecule has 1 unspecified atom stereocenters. The maximum absolute atomic E-state index is 12.6. The number of hydrogen-bond acceptors (Lipinski definition) is 4. The number of carbonyl (C=O) groups is 1. The van der Waals surface area contributed by atoms with E-state index in [0.717, 1.165) is 32.1 Å². The molecule has 0 radical (unpaired) electrons. The monoisotopic (exact) mass is 366 g/mol. The maximum atomic E-state index is 12.6. The quantitative estimate of drug-likeness (QED) is 0.637. The lowest BCUT2D eigenvalue weighted by atomic mass is 9.92. The Morgan fingerprint density at radius 2 is 1.70 bits per heavy atom. The largest absolute Gasteiger partial charge is 0.298 e. The molecule has 23 heavy (non-hydrogen) atoms. The van der Waals surface area contributed by atoms with E-state index in [4.69, 9.17) is 3.63 Å². The molecule has 6 heteroatoms. The fourth-order valence-electron chi connectivity index (χ4n) is 2.83. The van der Waals surface area contributed by atoms with Gasteiger partial charge in [0.2, 0.25) is 0 Å². The molecule has 0 bridgehead atoms. The summed E-state index contributed by atoms with van der Waals surface area (Å²) < 4.78 is 30.5. The van der Waals surface area contributed by atoms with E-state index >= 15 is 0 Å². The van der Waals surface area contributed by atoms with E-state index in [0.29, 0.717) is 6.42 Å². The topological polar surface area (TPSA) is 60.4 Å². The Morgan fingerprint density at radius 3 is 2.17 bits per heavy atom. The zero-order chi connectivity index (χ0) is 17.7. The first-order valence-electron chi connectivity index (χ1n) is 8.72. The molecule has 1 rings (SSSR count). The van der Waals surface area contributed by atoms with E-state index in [9.17, 15) is 13.2 Å². The van der Waals surface area contributed by atoms with Crippen molar-refractivity contribution >= 4 is 26.2 Å². The second-order valence-corrected chi connectivity index (χ2v) is 13.0. The molecule has 1 aliphatic carbocycles. The summed E-state index contributed by atoms with van der Waals surface area (Å²) in [6.07, 6.45) is 8.70. The van der Waals surface area contributed by atoms with Gasteiger partial charge in [-0.1, -0.05) is 53.4 Å². The highest BCUT2D eigenvalue weighted by Crippen LogP contribution is 2.56. The third-order valence-electron chi connectivity index (χ3n) is 4.52. The molecule has 0 heterocycles. The van der Waals surface area contributed by atoms with Crippen LogP contribution in [-0.4, -0.2) is 37.2 Å². The summed E-state index contributed by atoms with van der Waals surface area (Å²) in [5.41, 5.74) is -0.459. The first-order chi connectivity index (χ1) is 10.5. The Bertz CT molecular complexity index is 487. The van der Waals surface area contributed by atoms with Crippen LogP contribution in [-0.2, 0) is 18.5 Å². The fraction of sp³-hybridized carbons (Fsp3) is 0.941. The molecule has 138 valence electrons. The average molecular weight is 367 g/mol. The molecule has 0 aromatic heterocycles. The SMILES string of the molecule is CCCCS(=O)(=O)OS(C)(CC(=O)C(C)(C)C)C1CCCCC1. The van der Waals surface area contributed by atoms with Gasteiger partial charge < -0.3 is 0 Å². The maximum Gasteiger partial charge on any atom is 0.276 e. The highest BCUT2D eigenvalue weighted by Gasteiger charge is 2.39. The molecule has 0 N–H and O–H groups in total. The van der Waals surface area contributed by atoms with E-state index in [2.05, 4.69) is 0 Å². The smallest absolute Gasteiger partial charge is 0.276 e. The zero-order valence-corrected chi connectivity index (χ0v) is 17.0. The van der Waals surface area contributed by atoms with Crippen molar-refractivity contribution in [3.8, 4) is 0 Å². The molecular weight excluding hydrogens is 332 g/mol. The number of carbonyl (C=O) groups excluding carboxylic acids is 1. The first kappa shape index (κ1) is 21.0.